The molecule has 86 valence electrons. The number of halogens is 2. The lowest BCUT2D eigenvalue weighted by molar-refractivity contribution is -0.121. The summed E-state index contributed by atoms with van der Waals surface area (Å²) in [6.07, 6.45) is -0.292. The maximum atomic E-state index is 12.7. The maximum Gasteiger partial charge on any atom is 0.171 e. The highest BCUT2D eigenvalue weighted by Gasteiger charge is 2.14. The summed E-state index contributed by atoms with van der Waals surface area (Å²) < 4.78 is 17.3. The predicted octanol–water partition coefficient (Wildman–Crippen LogP) is 2.27. The molecule has 16 heavy (non-hydrogen) atoms. The van der Waals surface area contributed by atoms with Crippen molar-refractivity contribution in [3.63, 3.8) is 0 Å². The lowest BCUT2D eigenvalue weighted by Gasteiger charge is -2.02. The van der Waals surface area contributed by atoms with Crippen LogP contribution in [0.1, 0.15) is 16.8 Å². The molecule has 0 N–H and O–H groups in total. The first-order valence-electron chi connectivity index (χ1n) is 4.53. The first-order valence-corrected chi connectivity index (χ1v) is 4.91. The molecule has 0 aliphatic carbocycles. The summed E-state index contributed by atoms with van der Waals surface area (Å²) in [5.74, 6) is -1.30. The third kappa shape index (κ3) is 3.40. The Morgan fingerprint density at radius 3 is 2.69 bits per heavy atom. The van der Waals surface area contributed by atoms with Crippen LogP contribution in [0.4, 0.5) is 4.39 Å². The van der Waals surface area contributed by atoms with Gasteiger partial charge in [-0.2, -0.15) is 0 Å². The Balaban J connectivity index is 2.77. The van der Waals surface area contributed by atoms with Gasteiger partial charge in [-0.25, -0.2) is 4.39 Å². The van der Waals surface area contributed by atoms with Gasteiger partial charge in [-0.1, -0.05) is 11.6 Å². The number of Topliss-reactive ketones (excluding diaryl/α,β-unsaturated/α-hetero) is 2. The Bertz CT molecular complexity index is 418. The van der Waals surface area contributed by atoms with E-state index in [-0.39, 0.29) is 29.4 Å². The van der Waals surface area contributed by atoms with Gasteiger partial charge in [-0.15, -0.1) is 0 Å². The zero-order valence-corrected chi connectivity index (χ0v) is 9.38. The molecule has 5 heteroatoms. The predicted molar refractivity (Wildman–Crippen MR) is 57.2 cm³/mol. The highest BCUT2D eigenvalue weighted by atomic mass is 35.5. The summed E-state index contributed by atoms with van der Waals surface area (Å²) in [5.41, 5.74) is 0.146. The smallest absolute Gasteiger partial charge is 0.171 e. The van der Waals surface area contributed by atoms with E-state index in [1.165, 1.54) is 13.2 Å². The van der Waals surface area contributed by atoms with E-state index in [9.17, 15) is 14.0 Å². The van der Waals surface area contributed by atoms with Gasteiger partial charge >= 0.3 is 0 Å². The molecule has 0 radical (unpaired) electrons. The minimum atomic E-state index is -0.523. The zero-order valence-electron chi connectivity index (χ0n) is 8.63. The Hall–Kier alpha value is -1.26. The average Bonchev–Trinajstić information content (AvgIpc) is 2.17. The molecule has 0 atom stereocenters. The second-order valence-corrected chi connectivity index (χ2v) is 3.60. The number of ketones is 2. The van der Waals surface area contributed by atoms with E-state index >= 15 is 0 Å². The van der Waals surface area contributed by atoms with Crippen molar-refractivity contribution in [2.45, 2.75) is 6.42 Å². The second-order valence-electron chi connectivity index (χ2n) is 3.20. The van der Waals surface area contributed by atoms with Crippen molar-refractivity contribution in [3.05, 3.63) is 34.6 Å². The molecule has 0 aliphatic rings. The fourth-order valence-corrected chi connectivity index (χ4v) is 1.47. The molecule has 0 saturated carbocycles. The van der Waals surface area contributed by atoms with Crippen LogP contribution >= 0.6 is 11.6 Å². The van der Waals surface area contributed by atoms with Crippen molar-refractivity contribution in [2.75, 3.05) is 13.7 Å². The topological polar surface area (TPSA) is 43.4 Å². The van der Waals surface area contributed by atoms with Crippen LogP contribution in [-0.4, -0.2) is 25.3 Å². The molecule has 0 spiro atoms. The number of hydrogen-bond acceptors (Lipinski definition) is 3. The Kier molecular flexibility index (Phi) is 4.58. The normalized spacial score (nSPS) is 10.2. The molecule has 0 unspecified atom stereocenters. The third-order valence-electron chi connectivity index (χ3n) is 1.89. The Labute approximate surface area is 97.2 Å². The summed E-state index contributed by atoms with van der Waals surface area (Å²) in [7, 11) is 1.37. The van der Waals surface area contributed by atoms with E-state index in [0.717, 1.165) is 12.1 Å². The number of carbonyl (C=O) groups excluding carboxylic acids is 2. The largest absolute Gasteiger partial charge is 0.377 e. The van der Waals surface area contributed by atoms with E-state index in [1.807, 2.05) is 0 Å². The summed E-state index contributed by atoms with van der Waals surface area (Å²) in [6, 6.07) is 3.43. The van der Waals surface area contributed by atoms with Gasteiger partial charge in [0.2, 0.25) is 0 Å². The van der Waals surface area contributed by atoms with E-state index < -0.39 is 11.6 Å². The molecule has 1 aromatic carbocycles. The quantitative estimate of drug-likeness (QED) is 0.590. The SMILES string of the molecule is COCC(=O)CC(=O)c1ccc(F)cc1Cl. The first kappa shape index (κ1) is 12.8. The van der Waals surface area contributed by atoms with E-state index in [4.69, 9.17) is 11.6 Å². The number of hydrogen-bond donors (Lipinski definition) is 0. The number of methoxy groups -OCH3 is 1. The summed E-state index contributed by atoms with van der Waals surface area (Å²) in [5, 5.41) is 0.00946. The molecular formula is C11H10ClFO3. The molecule has 3 nitrogen and oxygen atoms in total. The fraction of sp³-hybridized carbons (Fsp3) is 0.273. The maximum absolute atomic E-state index is 12.7. The van der Waals surface area contributed by atoms with Crippen LogP contribution in [0.3, 0.4) is 0 Å². The molecule has 0 saturated heterocycles. The van der Waals surface area contributed by atoms with Crippen molar-refractivity contribution < 1.29 is 18.7 Å². The zero-order chi connectivity index (χ0) is 12.1. The molecular weight excluding hydrogens is 235 g/mol. The highest BCUT2D eigenvalue weighted by Crippen LogP contribution is 2.18. The van der Waals surface area contributed by atoms with Crippen molar-refractivity contribution in [2.24, 2.45) is 0 Å². The Morgan fingerprint density at radius 2 is 2.12 bits per heavy atom. The van der Waals surface area contributed by atoms with Crippen LogP contribution in [0.25, 0.3) is 0 Å². The second kappa shape index (κ2) is 5.72. The van der Waals surface area contributed by atoms with Gasteiger partial charge in [0.15, 0.2) is 11.6 Å². The Morgan fingerprint density at radius 1 is 1.44 bits per heavy atom. The van der Waals surface area contributed by atoms with Gasteiger partial charge in [-0.05, 0) is 18.2 Å². The fourth-order valence-electron chi connectivity index (χ4n) is 1.20. The minimum absolute atomic E-state index is 0.00946. The van der Waals surface area contributed by atoms with Crippen LogP contribution in [-0.2, 0) is 9.53 Å². The first-order chi connectivity index (χ1) is 7.54. The van der Waals surface area contributed by atoms with E-state index in [0.29, 0.717) is 0 Å². The van der Waals surface area contributed by atoms with Gasteiger partial charge < -0.3 is 4.74 Å². The lowest BCUT2D eigenvalue weighted by Crippen LogP contribution is -2.13. The van der Waals surface area contributed by atoms with Crippen LogP contribution in [0.15, 0.2) is 18.2 Å². The van der Waals surface area contributed by atoms with E-state index in [1.54, 1.807) is 0 Å². The molecule has 1 aromatic rings. The molecule has 0 fully saturated rings. The molecule has 0 heterocycles. The van der Waals surface area contributed by atoms with Crippen molar-refractivity contribution in [1.29, 1.82) is 0 Å². The standard InChI is InChI=1S/C11H10ClFO3/c1-16-6-8(14)5-11(15)9-3-2-7(13)4-10(9)12/h2-4H,5-6H2,1H3. The number of carbonyl (C=O) groups is 2. The number of benzene rings is 1. The molecule has 1 rings (SSSR count). The van der Waals surface area contributed by atoms with Crippen LogP contribution in [0.5, 0.6) is 0 Å². The monoisotopic (exact) mass is 244 g/mol. The van der Waals surface area contributed by atoms with Crippen molar-refractivity contribution in [3.8, 4) is 0 Å². The van der Waals surface area contributed by atoms with Gasteiger partial charge in [0.05, 0.1) is 11.4 Å². The third-order valence-corrected chi connectivity index (χ3v) is 2.21. The van der Waals surface area contributed by atoms with Gasteiger partial charge in [0, 0.05) is 12.7 Å². The van der Waals surface area contributed by atoms with Crippen molar-refractivity contribution in [1.82, 2.24) is 0 Å². The van der Waals surface area contributed by atoms with Crippen LogP contribution in [0, 0.1) is 5.82 Å². The van der Waals surface area contributed by atoms with Crippen LogP contribution < -0.4 is 0 Å². The molecule has 0 amide bonds. The number of ether oxygens (including phenoxy) is 1. The summed E-state index contributed by atoms with van der Waals surface area (Å²) >= 11 is 5.68. The molecule has 0 aromatic heterocycles. The molecule has 0 aliphatic heterocycles. The molecule has 0 bridgehead atoms. The van der Waals surface area contributed by atoms with Crippen molar-refractivity contribution >= 4 is 23.2 Å². The average molecular weight is 245 g/mol. The number of rotatable bonds is 5. The summed E-state index contributed by atoms with van der Waals surface area (Å²) in [4.78, 5) is 22.7. The summed E-state index contributed by atoms with van der Waals surface area (Å²) in [6.45, 7) is -0.120. The highest BCUT2D eigenvalue weighted by molar-refractivity contribution is 6.34. The van der Waals surface area contributed by atoms with Gasteiger partial charge in [-0.3, -0.25) is 9.59 Å². The van der Waals surface area contributed by atoms with E-state index in [2.05, 4.69) is 4.74 Å². The lowest BCUT2D eigenvalue weighted by atomic mass is 10.1. The van der Waals surface area contributed by atoms with Crippen LogP contribution in [0.2, 0.25) is 5.02 Å². The van der Waals surface area contributed by atoms with Gasteiger partial charge in [0.1, 0.15) is 12.4 Å². The minimum Gasteiger partial charge on any atom is -0.377 e. The van der Waals surface area contributed by atoms with Gasteiger partial charge in [0.25, 0.3) is 0 Å².